The lowest BCUT2D eigenvalue weighted by molar-refractivity contribution is -0.577. The fourth-order valence-corrected chi connectivity index (χ4v) is 1.20. The normalized spacial score (nSPS) is 10.4. The van der Waals surface area contributed by atoms with Crippen LogP contribution in [0.5, 0.6) is 0 Å². The van der Waals surface area contributed by atoms with Crippen molar-refractivity contribution < 1.29 is 4.73 Å². The summed E-state index contributed by atoms with van der Waals surface area (Å²) in [7, 11) is 0. The lowest BCUT2D eigenvalue weighted by Gasteiger charge is -1.99. The zero-order chi connectivity index (χ0) is 8.55. The molecule has 2 rings (SSSR count). The van der Waals surface area contributed by atoms with Crippen LogP contribution in [-0.4, -0.2) is 4.98 Å². The molecule has 0 fully saturated rings. The lowest BCUT2D eigenvalue weighted by Crippen LogP contribution is -2.26. The summed E-state index contributed by atoms with van der Waals surface area (Å²) >= 11 is 5.71. The molecule has 60 valence electrons. The van der Waals surface area contributed by atoms with Gasteiger partial charge >= 0.3 is 0 Å². The van der Waals surface area contributed by atoms with Crippen LogP contribution in [0.1, 0.15) is 0 Å². The molecule has 1 aromatic heterocycles. The molecule has 0 saturated carbocycles. The smallest absolute Gasteiger partial charge is 0.243 e. The number of fused-ring (bicyclic) bond motifs is 1. The van der Waals surface area contributed by atoms with E-state index in [1.807, 2.05) is 0 Å². The molecular formula is C8H5ClN2O. The molecule has 1 heterocycles. The van der Waals surface area contributed by atoms with Crippen LogP contribution in [0.2, 0.25) is 5.02 Å². The number of aromatic nitrogens is 2. The van der Waals surface area contributed by atoms with E-state index in [4.69, 9.17) is 11.6 Å². The first-order chi connectivity index (χ1) is 5.77. The van der Waals surface area contributed by atoms with Gasteiger partial charge in [-0.15, -0.1) is 0 Å². The molecule has 0 amide bonds. The molecule has 12 heavy (non-hydrogen) atoms. The molecule has 0 bridgehead atoms. The topological polar surface area (TPSA) is 39.8 Å². The van der Waals surface area contributed by atoms with Crippen LogP contribution in [0.15, 0.2) is 30.6 Å². The minimum Gasteiger partial charge on any atom is -0.618 e. The third-order valence-electron chi connectivity index (χ3n) is 1.59. The van der Waals surface area contributed by atoms with Gasteiger partial charge in [0.1, 0.15) is 5.52 Å². The molecule has 3 nitrogen and oxygen atoms in total. The molecule has 0 radical (unpaired) electrons. The summed E-state index contributed by atoms with van der Waals surface area (Å²) in [6.07, 6.45) is 2.81. The van der Waals surface area contributed by atoms with E-state index in [-0.39, 0.29) is 0 Å². The van der Waals surface area contributed by atoms with Gasteiger partial charge in [-0.2, -0.15) is 4.73 Å². The number of halogens is 1. The van der Waals surface area contributed by atoms with Crippen molar-refractivity contribution in [2.75, 3.05) is 0 Å². The van der Waals surface area contributed by atoms with Crippen LogP contribution in [-0.2, 0) is 0 Å². The Morgan fingerprint density at radius 1 is 1.42 bits per heavy atom. The molecule has 0 unspecified atom stereocenters. The fraction of sp³-hybridized carbons (Fsp3) is 0. The minimum absolute atomic E-state index is 0.491. The Labute approximate surface area is 73.8 Å². The van der Waals surface area contributed by atoms with E-state index in [9.17, 15) is 5.21 Å². The number of hydrogen-bond donors (Lipinski definition) is 0. The van der Waals surface area contributed by atoms with E-state index < -0.39 is 0 Å². The Kier molecular flexibility index (Phi) is 1.59. The minimum atomic E-state index is 0.491. The van der Waals surface area contributed by atoms with Gasteiger partial charge in [0.25, 0.3) is 0 Å². The summed E-state index contributed by atoms with van der Waals surface area (Å²) in [6.45, 7) is 0. The van der Waals surface area contributed by atoms with Crippen molar-refractivity contribution in [1.82, 2.24) is 4.98 Å². The summed E-state index contributed by atoms with van der Waals surface area (Å²) in [5.41, 5.74) is 1.14. The largest absolute Gasteiger partial charge is 0.618 e. The third kappa shape index (κ3) is 1.08. The van der Waals surface area contributed by atoms with Crippen molar-refractivity contribution >= 4 is 22.6 Å². The van der Waals surface area contributed by atoms with Crippen molar-refractivity contribution in [2.45, 2.75) is 0 Å². The summed E-state index contributed by atoms with van der Waals surface area (Å²) in [5.74, 6) is 0. The van der Waals surface area contributed by atoms with Crippen LogP contribution >= 0.6 is 11.6 Å². The monoisotopic (exact) mass is 180 g/mol. The zero-order valence-corrected chi connectivity index (χ0v) is 6.82. The Hall–Kier alpha value is -1.35. The first-order valence-corrected chi connectivity index (χ1v) is 3.78. The van der Waals surface area contributed by atoms with Gasteiger partial charge in [-0.25, -0.2) is 4.98 Å². The predicted octanol–water partition coefficient (Wildman–Crippen LogP) is 1.52. The Balaban J connectivity index is 2.88. The van der Waals surface area contributed by atoms with Gasteiger partial charge in [-0.1, -0.05) is 11.6 Å². The fourth-order valence-electron chi connectivity index (χ4n) is 1.04. The maximum absolute atomic E-state index is 11.1. The maximum Gasteiger partial charge on any atom is 0.243 e. The second-order valence-electron chi connectivity index (χ2n) is 2.39. The van der Waals surface area contributed by atoms with Gasteiger partial charge in [-0.05, 0) is 12.1 Å². The number of rotatable bonds is 0. The van der Waals surface area contributed by atoms with Crippen LogP contribution in [0.25, 0.3) is 11.0 Å². The first kappa shape index (κ1) is 7.31. The van der Waals surface area contributed by atoms with Crippen molar-refractivity contribution in [2.24, 2.45) is 0 Å². The van der Waals surface area contributed by atoms with Crippen molar-refractivity contribution in [3.63, 3.8) is 0 Å². The van der Waals surface area contributed by atoms with Crippen molar-refractivity contribution in [1.29, 1.82) is 0 Å². The standard InChI is InChI=1S/C8H5ClN2O/c9-6-1-2-7-8(5-6)11(12)4-3-10-7/h1-5H. The average molecular weight is 181 g/mol. The van der Waals surface area contributed by atoms with Crippen LogP contribution in [0, 0.1) is 5.21 Å². The molecule has 4 heteroatoms. The molecule has 0 spiro atoms. The molecule has 2 aromatic rings. The van der Waals surface area contributed by atoms with E-state index in [0.29, 0.717) is 16.1 Å². The van der Waals surface area contributed by atoms with Gasteiger partial charge in [0, 0.05) is 11.1 Å². The van der Waals surface area contributed by atoms with E-state index >= 15 is 0 Å². The quantitative estimate of drug-likeness (QED) is 0.456. The number of nitrogens with zero attached hydrogens (tertiary/aromatic N) is 2. The summed E-state index contributed by atoms with van der Waals surface area (Å²) in [5, 5.41) is 11.7. The van der Waals surface area contributed by atoms with Gasteiger partial charge in [0.15, 0.2) is 6.20 Å². The van der Waals surface area contributed by atoms with Crippen LogP contribution in [0.3, 0.4) is 0 Å². The molecular weight excluding hydrogens is 176 g/mol. The van der Waals surface area contributed by atoms with Gasteiger partial charge < -0.3 is 5.21 Å². The highest BCUT2D eigenvalue weighted by molar-refractivity contribution is 6.31. The van der Waals surface area contributed by atoms with Gasteiger partial charge in [0.05, 0.1) is 6.20 Å². The predicted molar refractivity (Wildman–Crippen MR) is 45.7 cm³/mol. The highest BCUT2D eigenvalue weighted by atomic mass is 35.5. The summed E-state index contributed by atoms with van der Waals surface area (Å²) in [4.78, 5) is 4.00. The average Bonchev–Trinajstić information content (AvgIpc) is 2.07. The van der Waals surface area contributed by atoms with Crippen LogP contribution in [0.4, 0.5) is 0 Å². The van der Waals surface area contributed by atoms with Gasteiger partial charge in [0.2, 0.25) is 5.52 Å². The Morgan fingerprint density at radius 2 is 2.25 bits per heavy atom. The Morgan fingerprint density at radius 3 is 3.08 bits per heavy atom. The molecule has 0 saturated heterocycles. The molecule has 1 aromatic carbocycles. The van der Waals surface area contributed by atoms with E-state index in [1.54, 1.807) is 18.2 Å². The second kappa shape index (κ2) is 2.60. The van der Waals surface area contributed by atoms with E-state index in [2.05, 4.69) is 4.98 Å². The van der Waals surface area contributed by atoms with E-state index in [0.717, 1.165) is 4.73 Å². The highest BCUT2D eigenvalue weighted by Crippen LogP contribution is 2.13. The van der Waals surface area contributed by atoms with Crippen LogP contribution < -0.4 is 4.73 Å². The highest BCUT2D eigenvalue weighted by Gasteiger charge is 2.03. The maximum atomic E-state index is 11.1. The molecule has 0 atom stereocenters. The molecule has 0 aliphatic rings. The lowest BCUT2D eigenvalue weighted by atomic mass is 10.3. The number of hydrogen-bond acceptors (Lipinski definition) is 2. The second-order valence-corrected chi connectivity index (χ2v) is 2.82. The zero-order valence-electron chi connectivity index (χ0n) is 6.07. The van der Waals surface area contributed by atoms with Crippen molar-refractivity contribution in [3.05, 3.63) is 40.8 Å². The van der Waals surface area contributed by atoms with Gasteiger partial charge in [-0.3, -0.25) is 0 Å². The summed E-state index contributed by atoms with van der Waals surface area (Å²) < 4.78 is 0.744. The SMILES string of the molecule is [O-][n+]1ccnc2ccc(Cl)cc21. The molecule has 0 aliphatic heterocycles. The van der Waals surface area contributed by atoms with Crippen molar-refractivity contribution in [3.8, 4) is 0 Å². The Bertz CT molecular complexity index is 430. The third-order valence-corrected chi connectivity index (χ3v) is 1.83. The number of benzene rings is 1. The molecule has 0 aliphatic carbocycles. The summed E-state index contributed by atoms with van der Waals surface area (Å²) in [6, 6.07) is 5.01. The molecule has 0 N–H and O–H groups in total. The van der Waals surface area contributed by atoms with E-state index in [1.165, 1.54) is 12.4 Å². The first-order valence-electron chi connectivity index (χ1n) is 3.41.